The summed E-state index contributed by atoms with van der Waals surface area (Å²) in [6, 6.07) is 0. The normalized spacial score (nSPS) is 17.8. The van der Waals surface area contributed by atoms with Gasteiger partial charge in [-0.25, -0.2) is 4.98 Å². The second-order valence-electron chi connectivity index (χ2n) is 5.76. The van der Waals surface area contributed by atoms with Crippen molar-refractivity contribution in [3.8, 4) is 0 Å². The molecule has 4 nitrogen and oxygen atoms in total. The van der Waals surface area contributed by atoms with Gasteiger partial charge in [-0.05, 0) is 19.3 Å². The van der Waals surface area contributed by atoms with Crippen LogP contribution in [0.2, 0.25) is 0 Å². The summed E-state index contributed by atoms with van der Waals surface area (Å²) < 4.78 is 2.14. The van der Waals surface area contributed by atoms with E-state index in [2.05, 4.69) is 28.3 Å². The largest absolute Gasteiger partial charge is 0.342 e. The van der Waals surface area contributed by atoms with Crippen molar-refractivity contribution in [2.75, 3.05) is 13.1 Å². The SMILES string of the molecule is CCCCN(CCCC)C(=O)[C@H]1CCc2nccn2C1. The Morgan fingerprint density at radius 3 is 2.70 bits per heavy atom. The molecule has 2 rings (SSSR count). The predicted octanol–water partition coefficient (Wildman–Crippen LogP) is 2.87. The number of imidazole rings is 1. The summed E-state index contributed by atoms with van der Waals surface area (Å²) in [7, 11) is 0. The number of rotatable bonds is 7. The van der Waals surface area contributed by atoms with Gasteiger partial charge in [-0.1, -0.05) is 26.7 Å². The van der Waals surface area contributed by atoms with Gasteiger partial charge in [0.25, 0.3) is 0 Å². The Hall–Kier alpha value is -1.32. The topological polar surface area (TPSA) is 38.1 Å². The molecule has 0 saturated heterocycles. The van der Waals surface area contributed by atoms with Gasteiger partial charge in [0.05, 0.1) is 5.92 Å². The summed E-state index contributed by atoms with van der Waals surface area (Å²) in [5.41, 5.74) is 0. The minimum atomic E-state index is 0.144. The highest BCUT2D eigenvalue weighted by atomic mass is 16.2. The lowest BCUT2D eigenvalue weighted by atomic mass is 9.97. The summed E-state index contributed by atoms with van der Waals surface area (Å²) >= 11 is 0. The molecule has 0 saturated carbocycles. The molecule has 20 heavy (non-hydrogen) atoms. The molecule has 0 radical (unpaired) electrons. The van der Waals surface area contributed by atoms with E-state index < -0.39 is 0 Å². The maximum atomic E-state index is 12.7. The highest BCUT2D eigenvalue weighted by Gasteiger charge is 2.28. The zero-order valence-electron chi connectivity index (χ0n) is 12.8. The van der Waals surface area contributed by atoms with Crippen LogP contribution in [0.3, 0.4) is 0 Å². The Bertz CT molecular complexity index is 419. The van der Waals surface area contributed by atoms with Gasteiger partial charge in [-0.2, -0.15) is 0 Å². The van der Waals surface area contributed by atoms with E-state index in [9.17, 15) is 4.79 Å². The van der Waals surface area contributed by atoms with Gasteiger partial charge in [-0.3, -0.25) is 4.79 Å². The molecule has 0 aliphatic carbocycles. The lowest BCUT2D eigenvalue weighted by molar-refractivity contribution is -0.136. The van der Waals surface area contributed by atoms with Gasteiger partial charge < -0.3 is 9.47 Å². The summed E-state index contributed by atoms with van der Waals surface area (Å²) in [5.74, 6) is 1.62. The van der Waals surface area contributed by atoms with Gasteiger partial charge in [-0.15, -0.1) is 0 Å². The van der Waals surface area contributed by atoms with Crippen LogP contribution in [0, 0.1) is 5.92 Å². The molecule has 0 fully saturated rings. The lowest BCUT2D eigenvalue weighted by Gasteiger charge is -2.30. The fraction of sp³-hybridized carbons (Fsp3) is 0.750. The van der Waals surface area contributed by atoms with Crippen LogP contribution in [-0.2, 0) is 17.8 Å². The van der Waals surface area contributed by atoms with Gasteiger partial charge >= 0.3 is 0 Å². The van der Waals surface area contributed by atoms with Crippen molar-refractivity contribution < 1.29 is 4.79 Å². The quantitative estimate of drug-likeness (QED) is 0.768. The Balaban J connectivity index is 1.96. The van der Waals surface area contributed by atoms with E-state index in [1.165, 1.54) is 0 Å². The average Bonchev–Trinajstić information content (AvgIpc) is 2.94. The molecule has 0 aromatic carbocycles. The van der Waals surface area contributed by atoms with E-state index in [0.29, 0.717) is 5.91 Å². The zero-order valence-corrected chi connectivity index (χ0v) is 12.8. The number of carbonyl (C=O) groups excluding carboxylic acids is 1. The highest BCUT2D eigenvalue weighted by Crippen LogP contribution is 2.21. The molecule has 0 unspecified atom stereocenters. The van der Waals surface area contributed by atoms with Crippen molar-refractivity contribution in [2.45, 2.75) is 58.9 Å². The fourth-order valence-electron chi connectivity index (χ4n) is 2.86. The van der Waals surface area contributed by atoms with Crippen LogP contribution in [-0.4, -0.2) is 33.4 Å². The number of hydrogen-bond acceptors (Lipinski definition) is 2. The molecular formula is C16H27N3O. The monoisotopic (exact) mass is 277 g/mol. The first-order valence-corrected chi connectivity index (χ1v) is 8.05. The van der Waals surface area contributed by atoms with E-state index in [-0.39, 0.29) is 5.92 Å². The van der Waals surface area contributed by atoms with Crippen molar-refractivity contribution in [1.29, 1.82) is 0 Å². The van der Waals surface area contributed by atoms with Crippen molar-refractivity contribution in [2.24, 2.45) is 5.92 Å². The Labute approximate surface area is 122 Å². The highest BCUT2D eigenvalue weighted by molar-refractivity contribution is 5.79. The molecule has 1 aliphatic heterocycles. The number of carbonyl (C=O) groups is 1. The molecule has 2 heterocycles. The van der Waals surface area contributed by atoms with Crippen LogP contribution in [0.15, 0.2) is 12.4 Å². The second kappa shape index (κ2) is 7.46. The lowest BCUT2D eigenvalue weighted by Crippen LogP contribution is -2.40. The van der Waals surface area contributed by atoms with Crippen molar-refractivity contribution in [1.82, 2.24) is 14.5 Å². The van der Waals surface area contributed by atoms with Crippen LogP contribution < -0.4 is 0 Å². The zero-order chi connectivity index (χ0) is 14.4. The number of amides is 1. The maximum Gasteiger partial charge on any atom is 0.227 e. The minimum Gasteiger partial charge on any atom is -0.342 e. The molecule has 1 aromatic heterocycles. The second-order valence-corrected chi connectivity index (χ2v) is 5.76. The number of unbranched alkanes of at least 4 members (excludes halogenated alkanes) is 2. The van der Waals surface area contributed by atoms with Crippen molar-refractivity contribution in [3.63, 3.8) is 0 Å². The standard InChI is InChI=1S/C16H27N3O/c1-3-5-10-18(11-6-4-2)16(20)14-7-8-15-17-9-12-19(15)13-14/h9,12,14H,3-8,10-11,13H2,1-2H3/t14-/m0/s1. The summed E-state index contributed by atoms with van der Waals surface area (Å²) in [6.45, 7) is 7.01. The van der Waals surface area contributed by atoms with E-state index in [4.69, 9.17) is 0 Å². The summed E-state index contributed by atoms with van der Waals surface area (Å²) in [4.78, 5) is 19.2. The molecule has 0 bridgehead atoms. The number of hydrogen-bond donors (Lipinski definition) is 0. The first kappa shape index (κ1) is 15.1. The van der Waals surface area contributed by atoms with E-state index in [1.54, 1.807) is 0 Å². The predicted molar refractivity (Wildman–Crippen MR) is 80.4 cm³/mol. The maximum absolute atomic E-state index is 12.7. The molecule has 1 aliphatic rings. The van der Waals surface area contributed by atoms with Gasteiger partial charge in [0.1, 0.15) is 5.82 Å². The summed E-state index contributed by atoms with van der Waals surface area (Å²) in [5, 5.41) is 0. The Morgan fingerprint density at radius 2 is 2.05 bits per heavy atom. The smallest absolute Gasteiger partial charge is 0.227 e. The van der Waals surface area contributed by atoms with Crippen LogP contribution >= 0.6 is 0 Å². The first-order chi connectivity index (χ1) is 9.76. The van der Waals surface area contributed by atoms with Crippen LogP contribution in [0.25, 0.3) is 0 Å². The van der Waals surface area contributed by atoms with E-state index in [0.717, 1.165) is 64.0 Å². The van der Waals surface area contributed by atoms with Crippen LogP contribution in [0.4, 0.5) is 0 Å². The van der Waals surface area contributed by atoms with Gasteiger partial charge in [0, 0.05) is 38.4 Å². The van der Waals surface area contributed by atoms with Gasteiger partial charge in [0.2, 0.25) is 5.91 Å². The third kappa shape index (κ3) is 3.62. The minimum absolute atomic E-state index is 0.144. The molecule has 1 atom stereocenters. The summed E-state index contributed by atoms with van der Waals surface area (Å²) in [6.07, 6.45) is 10.2. The molecular weight excluding hydrogens is 250 g/mol. The van der Waals surface area contributed by atoms with E-state index >= 15 is 0 Å². The number of aryl methyl sites for hydroxylation is 1. The van der Waals surface area contributed by atoms with Gasteiger partial charge in [0.15, 0.2) is 0 Å². The van der Waals surface area contributed by atoms with Crippen molar-refractivity contribution in [3.05, 3.63) is 18.2 Å². The number of aromatic nitrogens is 2. The number of fused-ring (bicyclic) bond motifs is 1. The molecule has 0 N–H and O–H groups in total. The molecule has 4 heteroatoms. The molecule has 1 amide bonds. The van der Waals surface area contributed by atoms with E-state index in [1.807, 2.05) is 12.4 Å². The van der Waals surface area contributed by atoms with Crippen LogP contribution in [0.5, 0.6) is 0 Å². The third-order valence-electron chi connectivity index (χ3n) is 4.16. The first-order valence-electron chi connectivity index (χ1n) is 8.05. The molecule has 112 valence electrons. The molecule has 0 spiro atoms. The Morgan fingerprint density at radius 1 is 1.35 bits per heavy atom. The van der Waals surface area contributed by atoms with Crippen LogP contribution in [0.1, 0.15) is 51.8 Å². The number of nitrogens with zero attached hydrogens (tertiary/aromatic N) is 3. The Kier molecular flexibility index (Phi) is 5.62. The molecule has 1 aromatic rings. The van der Waals surface area contributed by atoms with Crippen molar-refractivity contribution >= 4 is 5.91 Å². The fourth-order valence-corrected chi connectivity index (χ4v) is 2.86. The average molecular weight is 277 g/mol. The third-order valence-corrected chi connectivity index (χ3v) is 4.16.